The zero-order chi connectivity index (χ0) is 13.7. The molecule has 0 spiro atoms. The molecule has 5 heteroatoms. The first-order valence-electron chi connectivity index (χ1n) is 6.94. The summed E-state index contributed by atoms with van der Waals surface area (Å²) in [5.41, 5.74) is 7.06. The van der Waals surface area contributed by atoms with Gasteiger partial charge >= 0.3 is 0 Å². The van der Waals surface area contributed by atoms with Crippen molar-refractivity contribution in [3.05, 3.63) is 28.3 Å². The lowest BCUT2D eigenvalue weighted by atomic mass is 10.0. The van der Waals surface area contributed by atoms with Crippen LogP contribution in [0.15, 0.2) is 18.2 Å². The summed E-state index contributed by atoms with van der Waals surface area (Å²) < 4.78 is 0. The largest absolute Gasteiger partial charge is 0.397 e. The zero-order valence-corrected chi connectivity index (χ0v) is 11.1. The molecule has 1 aromatic carbocycles. The van der Waals surface area contributed by atoms with E-state index in [-0.39, 0.29) is 5.69 Å². The van der Waals surface area contributed by atoms with Crippen molar-refractivity contribution >= 4 is 17.1 Å². The van der Waals surface area contributed by atoms with E-state index >= 15 is 0 Å². The number of hydrogen-bond donors (Lipinski definition) is 2. The van der Waals surface area contributed by atoms with Gasteiger partial charge in [0.2, 0.25) is 0 Å². The monoisotopic (exact) mass is 263 g/mol. The van der Waals surface area contributed by atoms with Crippen LogP contribution in [0.2, 0.25) is 0 Å². The van der Waals surface area contributed by atoms with Gasteiger partial charge in [-0.3, -0.25) is 10.1 Å². The second-order valence-electron chi connectivity index (χ2n) is 5.25. The fourth-order valence-electron chi connectivity index (χ4n) is 2.74. The number of rotatable bonds is 6. The Kier molecular flexibility index (Phi) is 4.60. The zero-order valence-electron chi connectivity index (χ0n) is 11.1. The van der Waals surface area contributed by atoms with Crippen LogP contribution in [0.25, 0.3) is 0 Å². The molecule has 0 heterocycles. The van der Waals surface area contributed by atoms with Gasteiger partial charge in [0.05, 0.1) is 16.3 Å². The minimum Gasteiger partial charge on any atom is -0.397 e. The highest BCUT2D eigenvalue weighted by Gasteiger charge is 2.14. The summed E-state index contributed by atoms with van der Waals surface area (Å²) in [4.78, 5) is 10.2. The first-order valence-corrected chi connectivity index (χ1v) is 6.94. The van der Waals surface area contributed by atoms with E-state index in [0.717, 1.165) is 24.6 Å². The summed E-state index contributed by atoms with van der Waals surface area (Å²) in [6.45, 7) is 0.874. The molecule has 5 nitrogen and oxygen atoms in total. The standard InChI is InChI=1S/C14H21N3O2/c15-13-10-12(17(18)19)7-8-14(13)16-9-3-6-11-4-1-2-5-11/h7-8,10-11,16H,1-6,9,15H2. The van der Waals surface area contributed by atoms with Crippen LogP contribution in [0.3, 0.4) is 0 Å². The summed E-state index contributed by atoms with van der Waals surface area (Å²) in [6.07, 6.45) is 7.90. The molecule has 104 valence electrons. The maximum absolute atomic E-state index is 10.6. The molecule has 2 rings (SSSR count). The van der Waals surface area contributed by atoms with Crippen LogP contribution in [0.1, 0.15) is 38.5 Å². The third-order valence-corrected chi connectivity index (χ3v) is 3.83. The summed E-state index contributed by atoms with van der Waals surface area (Å²) >= 11 is 0. The average Bonchev–Trinajstić information content (AvgIpc) is 2.89. The molecular formula is C14H21N3O2. The summed E-state index contributed by atoms with van der Waals surface area (Å²) in [7, 11) is 0. The van der Waals surface area contributed by atoms with Crippen molar-refractivity contribution in [2.45, 2.75) is 38.5 Å². The summed E-state index contributed by atoms with van der Waals surface area (Å²) in [6, 6.07) is 4.57. The molecule has 0 amide bonds. The van der Waals surface area contributed by atoms with E-state index in [1.807, 2.05) is 0 Å². The number of nitro benzene ring substituents is 1. The summed E-state index contributed by atoms with van der Waals surface area (Å²) in [5.74, 6) is 0.899. The molecule has 1 aliphatic rings. The smallest absolute Gasteiger partial charge is 0.271 e. The molecule has 1 aromatic rings. The quantitative estimate of drug-likeness (QED) is 0.356. The van der Waals surface area contributed by atoms with Crippen LogP contribution in [-0.2, 0) is 0 Å². The van der Waals surface area contributed by atoms with Gasteiger partial charge in [0, 0.05) is 18.7 Å². The highest BCUT2D eigenvalue weighted by molar-refractivity contribution is 5.69. The van der Waals surface area contributed by atoms with Crippen molar-refractivity contribution in [3.63, 3.8) is 0 Å². The van der Waals surface area contributed by atoms with Gasteiger partial charge in [-0.1, -0.05) is 25.7 Å². The Morgan fingerprint density at radius 3 is 2.74 bits per heavy atom. The predicted octanol–water partition coefficient (Wildman–Crippen LogP) is 3.56. The van der Waals surface area contributed by atoms with Crippen LogP contribution in [0.4, 0.5) is 17.1 Å². The maximum atomic E-state index is 10.6. The lowest BCUT2D eigenvalue weighted by Crippen LogP contribution is -2.06. The number of nitrogen functional groups attached to an aromatic ring is 1. The highest BCUT2D eigenvalue weighted by atomic mass is 16.6. The molecule has 0 radical (unpaired) electrons. The Hall–Kier alpha value is -1.78. The molecule has 0 bridgehead atoms. The SMILES string of the molecule is Nc1cc([N+](=O)[O-])ccc1NCCCC1CCCC1. The van der Waals surface area contributed by atoms with Crippen LogP contribution in [-0.4, -0.2) is 11.5 Å². The highest BCUT2D eigenvalue weighted by Crippen LogP contribution is 2.29. The Labute approximate surface area is 113 Å². The maximum Gasteiger partial charge on any atom is 0.271 e. The van der Waals surface area contributed by atoms with Gasteiger partial charge in [-0.25, -0.2) is 0 Å². The molecule has 0 unspecified atom stereocenters. The van der Waals surface area contributed by atoms with Crippen LogP contribution < -0.4 is 11.1 Å². The molecular weight excluding hydrogens is 242 g/mol. The predicted molar refractivity (Wildman–Crippen MR) is 77.2 cm³/mol. The van der Waals surface area contributed by atoms with Crippen LogP contribution in [0, 0.1) is 16.0 Å². The van der Waals surface area contributed by atoms with E-state index < -0.39 is 4.92 Å². The molecule has 0 saturated heterocycles. The molecule has 19 heavy (non-hydrogen) atoms. The number of benzene rings is 1. The minimum absolute atomic E-state index is 0.0361. The lowest BCUT2D eigenvalue weighted by molar-refractivity contribution is -0.384. The lowest BCUT2D eigenvalue weighted by Gasteiger charge is -2.11. The van der Waals surface area contributed by atoms with E-state index in [4.69, 9.17) is 5.73 Å². The number of nitrogens with one attached hydrogen (secondary N) is 1. The average molecular weight is 263 g/mol. The van der Waals surface area contributed by atoms with Gasteiger partial charge in [0.1, 0.15) is 0 Å². The van der Waals surface area contributed by atoms with E-state index in [2.05, 4.69) is 5.32 Å². The van der Waals surface area contributed by atoms with Gasteiger partial charge in [0.15, 0.2) is 0 Å². The molecule has 1 aliphatic carbocycles. The van der Waals surface area contributed by atoms with Crippen molar-refractivity contribution in [3.8, 4) is 0 Å². The van der Waals surface area contributed by atoms with E-state index in [0.29, 0.717) is 5.69 Å². The minimum atomic E-state index is -0.430. The van der Waals surface area contributed by atoms with E-state index in [9.17, 15) is 10.1 Å². The first kappa shape index (κ1) is 13.6. The molecule has 1 fully saturated rings. The molecule has 1 saturated carbocycles. The van der Waals surface area contributed by atoms with E-state index in [1.165, 1.54) is 44.2 Å². The number of nitrogens with two attached hydrogens (primary N) is 1. The van der Waals surface area contributed by atoms with Crippen LogP contribution in [0.5, 0.6) is 0 Å². The normalized spacial score (nSPS) is 15.6. The van der Waals surface area contributed by atoms with Crippen molar-refractivity contribution < 1.29 is 4.92 Å². The second-order valence-corrected chi connectivity index (χ2v) is 5.25. The fraction of sp³-hybridized carbons (Fsp3) is 0.571. The van der Waals surface area contributed by atoms with Crippen molar-refractivity contribution in [1.82, 2.24) is 0 Å². The third kappa shape index (κ3) is 3.84. The fourth-order valence-corrected chi connectivity index (χ4v) is 2.74. The van der Waals surface area contributed by atoms with Gasteiger partial charge in [-0.15, -0.1) is 0 Å². The Balaban J connectivity index is 1.77. The molecule has 0 atom stereocenters. The number of nitrogens with zero attached hydrogens (tertiary/aromatic N) is 1. The first-order chi connectivity index (χ1) is 9.16. The Bertz CT molecular complexity index is 442. The van der Waals surface area contributed by atoms with Gasteiger partial charge in [-0.2, -0.15) is 0 Å². The van der Waals surface area contributed by atoms with Gasteiger partial charge in [-0.05, 0) is 24.8 Å². The van der Waals surface area contributed by atoms with Crippen LogP contribution >= 0.6 is 0 Å². The van der Waals surface area contributed by atoms with E-state index in [1.54, 1.807) is 6.07 Å². The topological polar surface area (TPSA) is 81.2 Å². The van der Waals surface area contributed by atoms with Gasteiger partial charge < -0.3 is 11.1 Å². The number of nitro groups is 1. The Morgan fingerprint density at radius 1 is 1.37 bits per heavy atom. The number of hydrogen-bond acceptors (Lipinski definition) is 4. The summed E-state index contributed by atoms with van der Waals surface area (Å²) in [5, 5.41) is 13.9. The van der Waals surface area contributed by atoms with Crippen molar-refractivity contribution in [2.24, 2.45) is 5.92 Å². The van der Waals surface area contributed by atoms with Crippen molar-refractivity contribution in [2.75, 3.05) is 17.6 Å². The van der Waals surface area contributed by atoms with Crippen molar-refractivity contribution in [1.29, 1.82) is 0 Å². The third-order valence-electron chi connectivity index (χ3n) is 3.83. The number of anilines is 2. The second kappa shape index (κ2) is 6.41. The number of non-ortho nitro benzene ring substituents is 1. The molecule has 3 N–H and O–H groups in total. The van der Waals surface area contributed by atoms with Gasteiger partial charge in [0.25, 0.3) is 5.69 Å². The molecule has 0 aromatic heterocycles. The Morgan fingerprint density at radius 2 is 2.11 bits per heavy atom. The molecule has 0 aliphatic heterocycles.